The normalized spacial score (nSPS) is 25.6. The van der Waals surface area contributed by atoms with Crippen LogP contribution in [0, 0.1) is 5.41 Å². The third-order valence-corrected chi connectivity index (χ3v) is 3.18. The second-order valence-electron chi connectivity index (χ2n) is 4.73. The molecule has 0 aromatic carbocycles. The maximum absolute atomic E-state index is 12.1. The van der Waals surface area contributed by atoms with Gasteiger partial charge in [0.2, 0.25) is 0 Å². The Labute approximate surface area is 96.9 Å². The van der Waals surface area contributed by atoms with Gasteiger partial charge in [0.25, 0.3) is 0 Å². The lowest BCUT2D eigenvalue weighted by atomic mass is 9.68. The van der Waals surface area contributed by atoms with Crippen LogP contribution in [0.3, 0.4) is 0 Å². The zero-order chi connectivity index (χ0) is 12.3. The van der Waals surface area contributed by atoms with Crippen LogP contribution in [0.4, 0.5) is 0 Å². The number of ether oxygens (including phenoxy) is 1. The maximum Gasteiger partial charge on any atom is 0.324 e. The van der Waals surface area contributed by atoms with Crippen molar-refractivity contribution < 1.29 is 14.3 Å². The average Bonchev–Trinajstić information content (AvgIpc) is 2.16. The van der Waals surface area contributed by atoms with E-state index in [0.29, 0.717) is 6.42 Å². The van der Waals surface area contributed by atoms with E-state index in [9.17, 15) is 9.59 Å². The van der Waals surface area contributed by atoms with Crippen LogP contribution in [-0.2, 0) is 14.3 Å². The summed E-state index contributed by atoms with van der Waals surface area (Å²) in [5, 5.41) is 0. The van der Waals surface area contributed by atoms with E-state index >= 15 is 0 Å². The Kier molecular flexibility index (Phi) is 3.89. The molecular formula is C13H20O3. The molecule has 0 saturated heterocycles. The van der Waals surface area contributed by atoms with Crippen molar-refractivity contribution in [1.29, 1.82) is 0 Å². The van der Waals surface area contributed by atoms with Gasteiger partial charge in [0.05, 0.1) is 6.10 Å². The topological polar surface area (TPSA) is 43.4 Å². The van der Waals surface area contributed by atoms with Crippen LogP contribution in [-0.4, -0.2) is 17.9 Å². The van der Waals surface area contributed by atoms with E-state index < -0.39 is 11.4 Å². The minimum Gasteiger partial charge on any atom is -0.462 e. The lowest BCUT2D eigenvalue weighted by Crippen LogP contribution is -2.43. The third-order valence-electron chi connectivity index (χ3n) is 3.18. The molecular weight excluding hydrogens is 204 g/mol. The molecule has 0 amide bonds. The summed E-state index contributed by atoms with van der Waals surface area (Å²) in [6.07, 6.45) is 2.98. The van der Waals surface area contributed by atoms with E-state index in [-0.39, 0.29) is 11.9 Å². The van der Waals surface area contributed by atoms with Gasteiger partial charge in [0, 0.05) is 0 Å². The van der Waals surface area contributed by atoms with Crippen molar-refractivity contribution in [2.75, 3.05) is 0 Å². The highest BCUT2D eigenvalue weighted by Gasteiger charge is 2.48. The first kappa shape index (κ1) is 12.9. The molecule has 0 aromatic rings. The first-order valence-electron chi connectivity index (χ1n) is 5.81. The van der Waals surface area contributed by atoms with E-state index in [1.165, 1.54) is 6.92 Å². The number of rotatable bonds is 3. The quantitative estimate of drug-likeness (QED) is 0.420. The molecule has 0 aliphatic heterocycles. The molecule has 1 aliphatic carbocycles. The second-order valence-corrected chi connectivity index (χ2v) is 4.73. The Balaban J connectivity index is 3.00. The fourth-order valence-electron chi connectivity index (χ4n) is 2.25. The molecule has 0 heterocycles. The van der Waals surface area contributed by atoms with Gasteiger partial charge in [-0.25, -0.2) is 0 Å². The van der Waals surface area contributed by atoms with E-state index in [4.69, 9.17) is 4.74 Å². The fraction of sp³-hybridized carbons (Fsp3) is 0.692. The van der Waals surface area contributed by atoms with Crippen molar-refractivity contribution in [1.82, 2.24) is 0 Å². The molecule has 1 saturated carbocycles. The SMILES string of the molecule is C=C1CCCC[C@@]1(C(C)=O)C(=O)OC(C)C. The fourth-order valence-corrected chi connectivity index (χ4v) is 2.25. The summed E-state index contributed by atoms with van der Waals surface area (Å²) in [5.41, 5.74) is -0.348. The van der Waals surface area contributed by atoms with E-state index in [1.54, 1.807) is 13.8 Å². The van der Waals surface area contributed by atoms with Gasteiger partial charge in [-0.2, -0.15) is 0 Å². The third kappa shape index (κ3) is 2.18. The monoisotopic (exact) mass is 224 g/mol. The minimum absolute atomic E-state index is 0.136. The number of hydrogen-bond acceptors (Lipinski definition) is 3. The van der Waals surface area contributed by atoms with E-state index in [1.807, 2.05) is 0 Å². The molecule has 0 radical (unpaired) electrons. The largest absolute Gasteiger partial charge is 0.462 e. The molecule has 1 atom stereocenters. The average molecular weight is 224 g/mol. The number of carbonyl (C=O) groups is 2. The van der Waals surface area contributed by atoms with Gasteiger partial charge in [-0.05, 0) is 40.0 Å². The molecule has 1 rings (SSSR count). The molecule has 3 nitrogen and oxygen atoms in total. The lowest BCUT2D eigenvalue weighted by molar-refractivity contribution is -0.162. The van der Waals surface area contributed by atoms with Crippen molar-refractivity contribution >= 4 is 11.8 Å². The molecule has 0 unspecified atom stereocenters. The van der Waals surface area contributed by atoms with Crippen molar-refractivity contribution in [3.05, 3.63) is 12.2 Å². The van der Waals surface area contributed by atoms with Crippen LogP contribution < -0.4 is 0 Å². The summed E-state index contributed by atoms with van der Waals surface area (Å²) >= 11 is 0. The summed E-state index contributed by atoms with van der Waals surface area (Å²) < 4.78 is 5.20. The molecule has 0 bridgehead atoms. The van der Waals surface area contributed by atoms with Gasteiger partial charge in [-0.3, -0.25) is 9.59 Å². The van der Waals surface area contributed by atoms with Crippen molar-refractivity contribution in [3.8, 4) is 0 Å². The van der Waals surface area contributed by atoms with Gasteiger partial charge >= 0.3 is 5.97 Å². The highest BCUT2D eigenvalue weighted by Crippen LogP contribution is 2.42. The van der Waals surface area contributed by atoms with Gasteiger partial charge in [0.1, 0.15) is 5.41 Å². The van der Waals surface area contributed by atoms with Crippen LogP contribution in [0.1, 0.15) is 46.5 Å². The van der Waals surface area contributed by atoms with Crippen molar-refractivity contribution in [2.24, 2.45) is 5.41 Å². The molecule has 1 fully saturated rings. The molecule has 0 N–H and O–H groups in total. The van der Waals surface area contributed by atoms with Gasteiger partial charge in [-0.15, -0.1) is 0 Å². The molecule has 1 aliphatic rings. The number of Topliss-reactive ketones (excluding diaryl/α,β-unsaturated/α-hetero) is 1. The first-order chi connectivity index (χ1) is 7.41. The first-order valence-corrected chi connectivity index (χ1v) is 5.81. The highest BCUT2D eigenvalue weighted by atomic mass is 16.5. The Morgan fingerprint density at radius 3 is 2.44 bits per heavy atom. The standard InChI is InChI=1S/C13H20O3/c1-9(2)16-12(15)13(11(4)14)8-6-5-7-10(13)3/h9H,3,5-8H2,1-2,4H3/t13-/m1/s1. The molecule has 3 heteroatoms. The zero-order valence-corrected chi connectivity index (χ0v) is 10.3. The summed E-state index contributed by atoms with van der Waals surface area (Å²) in [5.74, 6) is -0.553. The van der Waals surface area contributed by atoms with E-state index in [2.05, 4.69) is 6.58 Å². The molecule has 0 spiro atoms. The molecule has 0 aromatic heterocycles. The Morgan fingerprint density at radius 1 is 1.38 bits per heavy atom. The summed E-state index contributed by atoms with van der Waals surface area (Å²) in [4.78, 5) is 23.9. The van der Waals surface area contributed by atoms with Gasteiger partial charge in [-0.1, -0.05) is 18.6 Å². The maximum atomic E-state index is 12.1. The summed E-state index contributed by atoms with van der Waals surface area (Å²) in [6, 6.07) is 0. The minimum atomic E-state index is -1.07. The van der Waals surface area contributed by atoms with Crippen LogP contribution in [0.25, 0.3) is 0 Å². The van der Waals surface area contributed by atoms with Crippen molar-refractivity contribution in [3.63, 3.8) is 0 Å². The second kappa shape index (κ2) is 4.81. The van der Waals surface area contributed by atoms with Gasteiger partial charge in [0.15, 0.2) is 5.78 Å². The Hall–Kier alpha value is -1.12. The zero-order valence-electron chi connectivity index (χ0n) is 10.3. The highest BCUT2D eigenvalue weighted by molar-refractivity contribution is 6.06. The van der Waals surface area contributed by atoms with Crippen LogP contribution in [0.15, 0.2) is 12.2 Å². The summed E-state index contributed by atoms with van der Waals surface area (Å²) in [7, 11) is 0. The number of ketones is 1. The smallest absolute Gasteiger partial charge is 0.324 e. The van der Waals surface area contributed by atoms with Crippen molar-refractivity contribution in [2.45, 2.75) is 52.6 Å². The van der Waals surface area contributed by atoms with Crippen LogP contribution in [0.2, 0.25) is 0 Å². The predicted octanol–water partition coefficient (Wildman–Crippen LogP) is 2.64. The molecule has 16 heavy (non-hydrogen) atoms. The summed E-state index contributed by atoms with van der Waals surface area (Å²) in [6.45, 7) is 8.93. The predicted molar refractivity (Wildman–Crippen MR) is 62.0 cm³/mol. The molecule has 90 valence electrons. The number of carbonyl (C=O) groups excluding carboxylic acids is 2. The van der Waals surface area contributed by atoms with E-state index in [0.717, 1.165) is 24.8 Å². The Morgan fingerprint density at radius 2 is 2.00 bits per heavy atom. The van der Waals surface area contributed by atoms with Crippen LogP contribution in [0.5, 0.6) is 0 Å². The van der Waals surface area contributed by atoms with Gasteiger partial charge < -0.3 is 4.74 Å². The van der Waals surface area contributed by atoms with Crippen LogP contribution >= 0.6 is 0 Å². The number of esters is 1. The lowest BCUT2D eigenvalue weighted by Gasteiger charge is -2.35. The Bertz CT molecular complexity index is 317. The number of hydrogen-bond donors (Lipinski definition) is 0.